The first-order chi connectivity index (χ1) is 22.4. The van der Waals surface area contributed by atoms with E-state index in [1.54, 1.807) is 66.7 Å². The van der Waals surface area contributed by atoms with Gasteiger partial charge in [0.1, 0.15) is 10.9 Å². The number of rotatable bonds is 12. The van der Waals surface area contributed by atoms with Crippen molar-refractivity contribution in [3.63, 3.8) is 0 Å². The van der Waals surface area contributed by atoms with Crippen LogP contribution in [0.5, 0.6) is 0 Å². The van der Waals surface area contributed by atoms with Gasteiger partial charge in [-0.05, 0) is 71.5 Å². The maximum absolute atomic E-state index is 13.4. The molecule has 1 atom stereocenters. The first-order valence-corrected chi connectivity index (χ1v) is 17.1. The third-order valence-corrected chi connectivity index (χ3v) is 9.32. The van der Waals surface area contributed by atoms with Crippen molar-refractivity contribution >= 4 is 81.3 Å². The quantitative estimate of drug-likeness (QED) is 0.0897. The number of aromatic nitrogens is 2. The minimum atomic E-state index is -0.560. The lowest BCUT2D eigenvalue weighted by Crippen LogP contribution is -2.30. The van der Waals surface area contributed by atoms with Crippen molar-refractivity contribution in [1.29, 1.82) is 0 Å². The van der Waals surface area contributed by atoms with E-state index in [9.17, 15) is 14.4 Å². The van der Waals surface area contributed by atoms with Crippen molar-refractivity contribution in [1.82, 2.24) is 14.7 Å². The predicted octanol–water partition coefficient (Wildman–Crippen LogP) is 8.19. The summed E-state index contributed by atoms with van der Waals surface area (Å²) < 4.78 is 4.28. The molecule has 0 saturated heterocycles. The van der Waals surface area contributed by atoms with Crippen LogP contribution in [0.1, 0.15) is 33.7 Å². The minimum absolute atomic E-state index is 0.0626. The minimum Gasteiger partial charge on any atom is -0.321 e. The molecule has 5 aromatic rings. The van der Waals surface area contributed by atoms with Crippen LogP contribution in [-0.2, 0) is 9.59 Å². The summed E-state index contributed by atoms with van der Waals surface area (Å²) in [5.41, 5.74) is 2.52. The first-order valence-electron chi connectivity index (χ1n) is 14.1. The Morgan fingerprint density at radius 1 is 0.870 bits per heavy atom. The highest BCUT2D eigenvalue weighted by atomic mass is 35.5. The number of hydrogen-bond acceptors (Lipinski definition) is 8. The molecule has 1 heterocycles. The van der Waals surface area contributed by atoms with Gasteiger partial charge in [0.25, 0.3) is 11.8 Å². The van der Waals surface area contributed by atoms with E-state index in [1.807, 2.05) is 55.5 Å². The molecular formula is C34H28ClN5O3S3. The number of nitrogens with one attached hydrogen (secondary N) is 3. The Bertz CT molecular complexity index is 1820. The number of nitrogens with zero attached hydrogens (tertiary/aromatic N) is 2. The Balaban J connectivity index is 1.31. The molecule has 0 fully saturated rings. The van der Waals surface area contributed by atoms with E-state index < -0.39 is 17.1 Å². The molecule has 0 aliphatic heterocycles. The molecule has 3 N–H and O–H groups in total. The van der Waals surface area contributed by atoms with E-state index in [0.29, 0.717) is 32.1 Å². The monoisotopic (exact) mass is 685 g/mol. The molecule has 0 bridgehead atoms. The zero-order valence-electron chi connectivity index (χ0n) is 24.5. The maximum atomic E-state index is 13.4. The van der Waals surface area contributed by atoms with Crippen molar-refractivity contribution in [2.75, 3.05) is 16.4 Å². The van der Waals surface area contributed by atoms with E-state index in [0.717, 1.165) is 27.7 Å². The Labute approximate surface area is 284 Å². The third-order valence-electron chi connectivity index (χ3n) is 6.33. The van der Waals surface area contributed by atoms with Gasteiger partial charge in [-0.2, -0.15) is 9.36 Å². The van der Waals surface area contributed by atoms with Gasteiger partial charge in [-0.1, -0.05) is 91.0 Å². The Morgan fingerprint density at radius 2 is 1.54 bits per heavy atom. The predicted molar refractivity (Wildman–Crippen MR) is 188 cm³/mol. The molecule has 0 radical (unpaired) electrons. The van der Waals surface area contributed by atoms with Crippen molar-refractivity contribution in [3.05, 3.63) is 137 Å². The van der Waals surface area contributed by atoms with Crippen LogP contribution < -0.4 is 16.0 Å². The number of carbonyl (C=O) groups is 3. The number of anilines is 2. The standard InChI is InChI=1S/C34H28ClN5O3S3/c1-2-44-34-39-33(46-40-34)38-32(43)29(23-9-5-3-6-10-23)45-27-19-17-26(18-20-27)36-31(42)28(21-22-13-15-25(35)16-14-22)37-30(41)24-11-7-4-8-12-24/h3-21,29H,2H2,1H3,(H,36,42)(H,37,41)(H,38,39,40,43)/b28-21-. The molecule has 1 aromatic heterocycles. The molecule has 3 amide bonds. The van der Waals surface area contributed by atoms with Crippen LogP contribution in [0.15, 0.2) is 125 Å². The molecule has 46 heavy (non-hydrogen) atoms. The molecule has 1 unspecified atom stereocenters. The SMILES string of the molecule is CCSc1nsc(NC(=O)C(Sc2ccc(NC(=O)/C(=C/c3ccc(Cl)cc3)NC(=O)c3ccccc3)cc2)c2ccccc2)n1. The van der Waals surface area contributed by atoms with Crippen molar-refractivity contribution < 1.29 is 14.4 Å². The molecule has 8 nitrogen and oxygen atoms in total. The highest BCUT2D eigenvalue weighted by Gasteiger charge is 2.24. The number of hydrogen-bond donors (Lipinski definition) is 3. The molecule has 0 aliphatic carbocycles. The second kappa shape index (κ2) is 16.2. The van der Waals surface area contributed by atoms with Crippen LogP contribution in [0, 0.1) is 0 Å². The summed E-state index contributed by atoms with van der Waals surface area (Å²) in [6.45, 7) is 2.02. The lowest BCUT2D eigenvalue weighted by atomic mass is 10.1. The third kappa shape index (κ3) is 9.30. The molecule has 232 valence electrons. The van der Waals surface area contributed by atoms with E-state index in [2.05, 4.69) is 25.3 Å². The summed E-state index contributed by atoms with van der Waals surface area (Å²) in [5, 5.41) is 9.57. The fourth-order valence-corrected chi connectivity index (χ4v) is 6.56. The largest absolute Gasteiger partial charge is 0.321 e. The maximum Gasteiger partial charge on any atom is 0.272 e. The van der Waals surface area contributed by atoms with Gasteiger partial charge in [0.05, 0.1) is 0 Å². The van der Waals surface area contributed by atoms with Crippen LogP contribution in [0.3, 0.4) is 0 Å². The number of amides is 3. The molecule has 0 spiro atoms. The van der Waals surface area contributed by atoms with Gasteiger partial charge in [0.2, 0.25) is 16.2 Å². The smallest absolute Gasteiger partial charge is 0.272 e. The molecule has 0 saturated carbocycles. The summed E-state index contributed by atoms with van der Waals surface area (Å²) in [6, 6.07) is 32.2. The van der Waals surface area contributed by atoms with Crippen molar-refractivity contribution in [2.24, 2.45) is 0 Å². The fourth-order valence-electron chi connectivity index (χ4n) is 4.14. The molecule has 12 heteroatoms. The number of benzene rings is 4. The van der Waals surface area contributed by atoms with E-state index >= 15 is 0 Å². The van der Waals surface area contributed by atoms with Crippen molar-refractivity contribution in [3.8, 4) is 0 Å². The van der Waals surface area contributed by atoms with E-state index in [-0.39, 0.29) is 11.6 Å². The van der Waals surface area contributed by atoms with Crippen molar-refractivity contribution in [2.45, 2.75) is 22.2 Å². The van der Waals surface area contributed by atoms with Crippen LogP contribution in [0.2, 0.25) is 5.02 Å². The molecule has 0 aliphatic rings. The lowest BCUT2D eigenvalue weighted by Gasteiger charge is -2.16. The van der Waals surface area contributed by atoms with Gasteiger partial charge in [-0.15, -0.1) is 11.8 Å². The van der Waals surface area contributed by atoms with Gasteiger partial charge in [0, 0.05) is 32.7 Å². The zero-order valence-corrected chi connectivity index (χ0v) is 27.7. The summed E-state index contributed by atoms with van der Waals surface area (Å²) >= 11 is 10.1. The van der Waals surface area contributed by atoms with Gasteiger partial charge in [-0.3, -0.25) is 19.7 Å². The molecule has 5 rings (SSSR count). The van der Waals surface area contributed by atoms with Crippen LogP contribution in [0.4, 0.5) is 10.8 Å². The Kier molecular flexibility index (Phi) is 11.6. The number of carbonyl (C=O) groups excluding carboxylic acids is 3. The average molecular weight is 686 g/mol. The van der Waals surface area contributed by atoms with Gasteiger partial charge in [-0.25, -0.2) is 0 Å². The summed E-state index contributed by atoms with van der Waals surface area (Å²) in [7, 11) is 0. The topological polar surface area (TPSA) is 113 Å². The first kappa shape index (κ1) is 33.0. The summed E-state index contributed by atoms with van der Waals surface area (Å²) in [4.78, 5) is 45.0. The highest BCUT2D eigenvalue weighted by molar-refractivity contribution is 8.00. The Hall–Kier alpha value is -4.42. The van der Waals surface area contributed by atoms with Gasteiger partial charge < -0.3 is 10.6 Å². The van der Waals surface area contributed by atoms with Crippen LogP contribution >= 0.6 is 46.7 Å². The van der Waals surface area contributed by atoms with Crippen LogP contribution in [-0.4, -0.2) is 32.8 Å². The molecule has 4 aromatic carbocycles. The lowest BCUT2D eigenvalue weighted by molar-refractivity contribution is -0.116. The van der Waals surface area contributed by atoms with E-state index in [4.69, 9.17) is 11.6 Å². The zero-order chi connectivity index (χ0) is 32.3. The summed E-state index contributed by atoms with van der Waals surface area (Å²) in [5.74, 6) is -0.296. The highest BCUT2D eigenvalue weighted by Crippen LogP contribution is 2.37. The van der Waals surface area contributed by atoms with E-state index in [1.165, 1.54) is 23.5 Å². The number of thioether (sulfide) groups is 2. The second-order valence-corrected chi connectivity index (χ2v) is 13.2. The van der Waals surface area contributed by atoms with Gasteiger partial charge >= 0.3 is 0 Å². The van der Waals surface area contributed by atoms with Gasteiger partial charge in [0.15, 0.2) is 0 Å². The average Bonchev–Trinajstić information content (AvgIpc) is 3.52. The second-order valence-electron chi connectivity index (χ2n) is 9.62. The fraction of sp³-hybridized carbons (Fsp3) is 0.0882. The molecular weight excluding hydrogens is 658 g/mol. The van der Waals surface area contributed by atoms with Crippen LogP contribution in [0.25, 0.3) is 6.08 Å². The normalized spacial score (nSPS) is 11.8. The number of halogens is 1. The summed E-state index contributed by atoms with van der Waals surface area (Å²) in [6.07, 6.45) is 1.58. The Morgan fingerprint density at radius 3 is 2.22 bits per heavy atom.